The Kier molecular flexibility index (Phi) is 10.3. The zero-order valence-electron chi connectivity index (χ0n) is 23.9. The maximum atomic E-state index is 13.9. The van der Waals surface area contributed by atoms with E-state index in [1.807, 2.05) is 27.7 Å². The molecule has 0 aliphatic rings. The number of carbonyl (C=O) groups excluding carboxylic acids is 3. The predicted molar refractivity (Wildman–Crippen MR) is 152 cm³/mol. The van der Waals surface area contributed by atoms with Crippen molar-refractivity contribution in [3.05, 3.63) is 65.9 Å². The average molecular weight is 551 g/mol. The number of methoxy groups -OCH3 is 1. The van der Waals surface area contributed by atoms with Crippen molar-refractivity contribution in [1.82, 2.24) is 10.5 Å². The van der Waals surface area contributed by atoms with Crippen LogP contribution in [-0.2, 0) is 14.4 Å². The third kappa shape index (κ3) is 8.08. The normalized spacial score (nSPS) is 11.8. The number of rotatable bonds is 13. The van der Waals surface area contributed by atoms with Gasteiger partial charge in [0, 0.05) is 36.2 Å². The number of benzene rings is 2. The summed E-state index contributed by atoms with van der Waals surface area (Å²) >= 11 is 0. The lowest BCUT2D eigenvalue weighted by molar-refractivity contribution is -0.128. The number of nitrogens with zero attached hydrogens (tertiary/aromatic N) is 2. The molecule has 0 saturated carbocycles. The number of carbonyl (C=O) groups is 3. The highest BCUT2D eigenvalue weighted by Gasteiger charge is 2.35. The van der Waals surface area contributed by atoms with Crippen molar-refractivity contribution in [2.24, 2.45) is 0 Å². The van der Waals surface area contributed by atoms with Crippen LogP contribution in [0.3, 0.4) is 0 Å². The molecule has 3 aromatic rings. The third-order valence-corrected chi connectivity index (χ3v) is 6.42. The van der Waals surface area contributed by atoms with Crippen LogP contribution in [0.5, 0.6) is 11.5 Å². The van der Waals surface area contributed by atoms with Gasteiger partial charge in [-0.15, -0.1) is 0 Å². The first kappa shape index (κ1) is 30.2. The van der Waals surface area contributed by atoms with Gasteiger partial charge in [-0.1, -0.05) is 30.3 Å². The molecule has 1 heterocycles. The quantitative estimate of drug-likeness (QED) is 0.300. The number of anilines is 2. The first-order valence-electron chi connectivity index (χ1n) is 13.3. The Morgan fingerprint density at radius 2 is 1.75 bits per heavy atom. The van der Waals surface area contributed by atoms with Gasteiger partial charge in [0.25, 0.3) is 0 Å². The van der Waals surface area contributed by atoms with E-state index >= 15 is 0 Å². The molecule has 0 saturated heterocycles. The van der Waals surface area contributed by atoms with E-state index in [9.17, 15) is 14.4 Å². The summed E-state index contributed by atoms with van der Waals surface area (Å²) in [7, 11) is 1.56. The fourth-order valence-corrected chi connectivity index (χ4v) is 3.99. The van der Waals surface area contributed by atoms with E-state index in [4.69, 9.17) is 14.0 Å². The first-order valence-corrected chi connectivity index (χ1v) is 13.3. The van der Waals surface area contributed by atoms with E-state index in [-0.39, 0.29) is 24.6 Å². The molecular formula is C30H38N4O6. The van der Waals surface area contributed by atoms with Gasteiger partial charge in [-0.2, -0.15) is 0 Å². The van der Waals surface area contributed by atoms with Crippen molar-refractivity contribution < 1.29 is 28.4 Å². The minimum Gasteiger partial charge on any atom is -0.497 e. The van der Waals surface area contributed by atoms with Gasteiger partial charge in [-0.25, -0.2) is 0 Å². The van der Waals surface area contributed by atoms with E-state index in [1.54, 1.807) is 68.6 Å². The molecule has 2 aromatic carbocycles. The number of hydrogen-bond donors (Lipinski definition) is 2. The van der Waals surface area contributed by atoms with Gasteiger partial charge in [0.2, 0.25) is 17.7 Å². The fraction of sp³-hybridized carbons (Fsp3) is 0.400. The molecule has 0 bridgehead atoms. The minimum atomic E-state index is -1.03. The summed E-state index contributed by atoms with van der Waals surface area (Å²) in [5, 5.41) is 9.48. The predicted octanol–water partition coefficient (Wildman–Crippen LogP) is 5.19. The van der Waals surface area contributed by atoms with Crippen LogP contribution in [0.4, 0.5) is 11.5 Å². The van der Waals surface area contributed by atoms with Gasteiger partial charge in [0.1, 0.15) is 23.3 Å². The van der Waals surface area contributed by atoms with E-state index < -0.39 is 23.4 Å². The third-order valence-electron chi connectivity index (χ3n) is 6.42. The SMILES string of the molecule is CCOc1cccc(N(C(=O)CCC(=O)Nc2cc(C)on2)[C@@H](C(=O)NC(C)(C)CC)c2ccc(OC)cc2)c1. The molecule has 40 heavy (non-hydrogen) atoms. The molecule has 10 heteroatoms. The highest BCUT2D eigenvalue weighted by Crippen LogP contribution is 2.33. The van der Waals surface area contributed by atoms with Gasteiger partial charge < -0.3 is 24.6 Å². The molecule has 3 amide bonds. The van der Waals surface area contributed by atoms with E-state index in [2.05, 4.69) is 15.8 Å². The zero-order chi connectivity index (χ0) is 29.3. The number of nitrogens with one attached hydrogen (secondary N) is 2. The Hall–Kier alpha value is -4.34. The van der Waals surface area contributed by atoms with Crippen molar-refractivity contribution in [3.63, 3.8) is 0 Å². The van der Waals surface area contributed by atoms with Crippen LogP contribution in [0.25, 0.3) is 0 Å². The van der Waals surface area contributed by atoms with Crippen LogP contribution < -0.4 is 25.0 Å². The van der Waals surface area contributed by atoms with Crippen molar-refractivity contribution in [2.45, 2.75) is 65.5 Å². The summed E-state index contributed by atoms with van der Waals surface area (Å²) < 4.78 is 16.0. The van der Waals surface area contributed by atoms with E-state index in [0.29, 0.717) is 41.5 Å². The molecule has 2 N–H and O–H groups in total. The lowest BCUT2D eigenvalue weighted by atomic mass is 9.97. The molecule has 214 valence electrons. The summed E-state index contributed by atoms with van der Waals surface area (Å²) in [5.74, 6) is 0.832. The first-order chi connectivity index (χ1) is 19.1. The summed E-state index contributed by atoms with van der Waals surface area (Å²) in [6, 6.07) is 14.6. The molecule has 0 aliphatic heterocycles. The second kappa shape index (κ2) is 13.6. The van der Waals surface area contributed by atoms with E-state index in [0.717, 1.165) is 0 Å². The van der Waals surface area contributed by atoms with Crippen molar-refractivity contribution in [3.8, 4) is 11.5 Å². The molecule has 0 aliphatic carbocycles. The van der Waals surface area contributed by atoms with E-state index in [1.165, 1.54) is 4.90 Å². The molecule has 10 nitrogen and oxygen atoms in total. The molecular weight excluding hydrogens is 512 g/mol. The Morgan fingerprint density at radius 3 is 2.35 bits per heavy atom. The summed E-state index contributed by atoms with van der Waals surface area (Å²) in [5.41, 5.74) is 0.538. The lowest BCUT2D eigenvalue weighted by Gasteiger charge is -2.35. The van der Waals surface area contributed by atoms with Gasteiger partial charge >= 0.3 is 0 Å². The maximum absolute atomic E-state index is 13.9. The molecule has 3 rings (SSSR count). The summed E-state index contributed by atoms with van der Waals surface area (Å²) in [6.07, 6.45) is 0.409. The molecule has 1 aromatic heterocycles. The highest BCUT2D eigenvalue weighted by molar-refractivity contribution is 6.03. The fourth-order valence-electron chi connectivity index (χ4n) is 3.99. The van der Waals surface area contributed by atoms with Crippen LogP contribution in [0.15, 0.2) is 59.1 Å². The van der Waals surface area contributed by atoms with Crippen molar-refractivity contribution >= 4 is 29.2 Å². The zero-order valence-corrected chi connectivity index (χ0v) is 23.9. The second-order valence-corrected chi connectivity index (χ2v) is 9.97. The van der Waals surface area contributed by atoms with Crippen LogP contribution in [0.2, 0.25) is 0 Å². The Morgan fingerprint density at radius 1 is 1.02 bits per heavy atom. The van der Waals surface area contributed by atoms with Crippen LogP contribution in [0, 0.1) is 6.92 Å². The average Bonchev–Trinajstić information content (AvgIpc) is 3.34. The van der Waals surface area contributed by atoms with Gasteiger partial charge in [-0.3, -0.25) is 19.3 Å². The maximum Gasteiger partial charge on any atom is 0.248 e. The van der Waals surface area contributed by atoms with Gasteiger partial charge in [0.15, 0.2) is 5.82 Å². The molecule has 0 spiro atoms. The van der Waals surface area contributed by atoms with Crippen molar-refractivity contribution in [2.75, 3.05) is 23.9 Å². The van der Waals surface area contributed by atoms with Crippen LogP contribution in [-0.4, -0.2) is 42.1 Å². The minimum absolute atomic E-state index is 0.121. The number of hydrogen-bond acceptors (Lipinski definition) is 7. The topological polar surface area (TPSA) is 123 Å². The number of ether oxygens (including phenoxy) is 2. The Bertz CT molecular complexity index is 1300. The van der Waals surface area contributed by atoms with Crippen LogP contribution >= 0.6 is 0 Å². The largest absolute Gasteiger partial charge is 0.497 e. The molecule has 0 radical (unpaired) electrons. The van der Waals surface area contributed by atoms with Crippen LogP contribution in [0.1, 0.15) is 64.3 Å². The molecule has 0 unspecified atom stereocenters. The second-order valence-electron chi connectivity index (χ2n) is 9.97. The van der Waals surface area contributed by atoms with Crippen molar-refractivity contribution in [1.29, 1.82) is 0 Å². The standard InChI is InChI=1S/C30H38N4O6/c1-7-30(4,5)32-29(37)28(21-12-14-23(38-6)15-13-21)34(22-10-9-11-24(19-22)39-8-2)27(36)17-16-26(35)31-25-18-20(3)40-33-25/h9-15,18-19,28H,7-8,16-17H2,1-6H3,(H,32,37)(H,31,33,35)/t28-/m1/s1. The number of amides is 3. The highest BCUT2D eigenvalue weighted by atomic mass is 16.5. The Labute approximate surface area is 235 Å². The lowest BCUT2D eigenvalue weighted by Crippen LogP contribution is -2.50. The molecule has 1 atom stereocenters. The monoisotopic (exact) mass is 550 g/mol. The number of aryl methyl sites for hydroxylation is 1. The molecule has 0 fully saturated rings. The van der Waals surface area contributed by atoms with Gasteiger partial charge in [0.05, 0.1) is 13.7 Å². The summed E-state index contributed by atoms with van der Waals surface area (Å²) in [6.45, 7) is 9.84. The number of aromatic nitrogens is 1. The van der Waals surface area contributed by atoms with Gasteiger partial charge in [-0.05, 0) is 63.9 Å². The smallest absolute Gasteiger partial charge is 0.248 e. The Balaban J connectivity index is 2.01. The summed E-state index contributed by atoms with van der Waals surface area (Å²) in [4.78, 5) is 41.9.